The SMILES string of the molecule is O=C(OCc1cc(-c2ccc3c(c2)OCCO3)on1)c1c(F)cccc1Cl. The third-order valence-electron chi connectivity index (χ3n) is 3.90. The summed E-state index contributed by atoms with van der Waals surface area (Å²) in [6.07, 6.45) is 0. The number of carbonyl (C=O) groups excluding carboxylic acids is 1. The van der Waals surface area contributed by atoms with Crippen LogP contribution in [0, 0.1) is 5.82 Å². The van der Waals surface area contributed by atoms with E-state index in [-0.39, 0.29) is 17.2 Å². The molecule has 4 rings (SSSR count). The van der Waals surface area contributed by atoms with Crippen molar-refractivity contribution in [1.82, 2.24) is 5.16 Å². The summed E-state index contributed by atoms with van der Waals surface area (Å²) in [4.78, 5) is 12.1. The van der Waals surface area contributed by atoms with E-state index < -0.39 is 11.8 Å². The summed E-state index contributed by atoms with van der Waals surface area (Å²) in [5, 5.41) is 3.85. The molecule has 0 saturated carbocycles. The summed E-state index contributed by atoms with van der Waals surface area (Å²) in [5.74, 6) is 0.145. The second kappa shape index (κ2) is 7.28. The molecule has 0 saturated heterocycles. The van der Waals surface area contributed by atoms with Crippen LogP contribution in [0.5, 0.6) is 11.5 Å². The maximum absolute atomic E-state index is 13.7. The third-order valence-corrected chi connectivity index (χ3v) is 4.22. The van der Waals surface area contributed by atoms with Crippen LogP contribution >= 0.6 is 11.6 Å². The van der Waals surface area contributed by atoms with Gasteiger partial charge in [-0.1, -0.05) is 22.8 Å². The van der Waals surface area contributed by atoms with Gasteiger partial charge in [0.1, 0.15) is 36.9 Å². The Bertz CT molecular complexity index is 983. The zero-order chi connectivity index (χ0) is 18.8. The number of nitrogens with zero attached hydrogens (tertiary/aromatic N) is 1. The molecule has 0 unspecified atom stereocenters. The molecule has 8 heteroatoms. The van der Waals surface area contributed by atoms with Crippen molar-refractivity contribution in [2.24, 2.45) is 0 Å². The van der Waals surface area contributed by atoms with Gasteiger partial charge < -0.3 is 18.7 Å². The van der Waals surface area contributed by atoms with Crippen molar-refractivity contribution in [3.8, 4) is 22.8 Å². The second-order valence-corrected chi connectivity index (χ2v) is 6.12. The lowest BCUT2D eigenvalue weighted by molar-refractivity contribution is 0.0459. The molecule has 1 aromatic heterocycles. The molecule has 138 valence electrons. The van der Waals surface area contributed by atoms with Crippen molar-refractivity contribution >= 4 is 17.6 Å². The minimum atomic E-state index is -0.873. The molecule has 0 atom stereocenters. The van der Waals surface area contributed by atoms with Crippen LogP contribution in [0.4, 0.5) is 4.39 Å². The van der Waals surface area contributed by atoms with Crippen molar-refractivity contribution in [3.63, 3.8) is 0 Å². The van der Waals surface area contributed by atoms with Crippen molar-refractivity contribution in [2.75, 3.05) is 13.2 Å². The molecule has 6 nitrogen and oxygen atoms in total. The van der Waals surface area contributed by atoms with E-state index in [1.54, 1.807) is 18.2 Å². The highest BCUT2D eigenvalue weighted by atomic mass is 35.5. The summed E-state index contributed by atoms with van der Waals surface area (Å²) in [7, 11) is 0. The van der Waals surface area contributed by atoms with E-state index in [0.29, 0.717) is 36.2 Å². The molecule has 27 heavy (non-hydrogen) atoms. The molecule has 2 aromatic carbocycles. The lowest BCUT2D eigenvalue weighted by atomic mass is 10.1. The Morgan fingerprint density at radius 1 is 1.15 bits per heavy atom. The average Bonchev–Trinajstić information content (AvgIpc) is 3.15. The zero-order valence-electron chi connectivity index (χ0n) is 13.9. The lowest BCUT2D eigenvalue weighted by Crippen LogP contribution is -2.15. The fourth-order valence-corrected chi connectivity index (χ4v) is 2.86. The Morgan fingerprint density at radius 2 is 1.96 bits per heavy atom. The quantitative estimate of drug-likeness (QED) is 0.621. The second-order valence-electron chi connectivity index (χ2n) is 5.71. The fraction of sp³-hybridized carbons (Fsp3) is 0.158. The summed E-state index contributed by atoms with van der Waals surface area (Å²) in [6, 6.07) is 11.0. The van der Waals surface area contributed by atoms with Gasteiger partial charge in [-0.2, -0.15) is 0 Å². The Hall–Kier alpha value is -3.06. The number of carbonyl (C=O) groups is 1. The van der Waals surface area contributed by atoms with Gasteiger partial charge in [-0.05, 0) is 30.3 Å². The highest BCUT2D eigenvalue weighted by Gasteiger charge is 2.19. The van der Waals surface area contributed by atoms with Gasteiger partial charge >= 0.3 is 5.97 Å². The predicted molar refractivity (Wildman–Crippen MR) is 93.5 cm³/mol. The summed E-state index contributed by atoms with van der Waals surface area (Å²) in [5.41, 5.74) is 0.803. The van der Waals surface area contributed by atoms with E-state index in [4.69, 9.17) is 30.3 Å². The largest absolute Gasteiger partial charge is 0.486 e. The van der Waals surface area contributed by atoms with Gasteiger partial charge in [0.25, 0.3) is 0 Å². The van der Waals surface area contributed by atoms with Crippen LogP contribution in [0.2, 0.25) is 5.02 Å². The first-order chi connectivity index (χ1) is 13.1. The first-order valence-corrected chi connectivity index (χ1v) is 8.46. The third kappa shape index (κ3) is 3.59. The first kappa shape index (κ1) is 17.4. The van der Waals surface area contributed by atoms with Crippen LogP contribution in [0.1, 0.15) is 16.1 Å². The Morgan fingerprint density at radius 3 is 2.78 bits per heavy atom. The van der Waals surface area contributed by atoms with Crippen molar-refractivity contribution in [3.05, 3.63) is 64.6 Å². The number of aromatic nitrogens is 1. The fourth-order valence-electron chi connectivity index (χ4n) is 2.62. The maximum Gasteiger partial charge on any atom is 0.343 e. The molecule has 0 spiro atoms. The van der Waals surface area contributed by atoms with Crippen molar-refractivity contribution < 1.29 is 27.9 Å². The van der Waals surface area contributed by atoms with Crippen molar-refractivity contribution in [2.45, 2.75) is 6.61 Å². The monoisotopic (exact) mass is 389 g/mol. The van der Waals surface area contributed by atoms with Gasteiger partial charge in [-0.25, -0.2) is 9.18 Å². The van der Waals surface area contributed by atoms with Gasteiger partial charge in [0, 0.05) is 11.6 Å². The maximum atomic E-state index is 13.7. The molecule has 0 bridgehead atoms. The predicted octanol–water partition coefficient (Wildman–Crippen LogP) is 4.26. The molecule has 3 aromatic rings. The minimum absolute atomic E-state index is 0.0166. The summed E-state index contributed by atoms with van der Waals surface area (Å²) >= 11 is 5.85. The first-order valence-electron chi connectivity index (χ1n) is 8.08. The van der Waals surface area contributed by atoms with E-state index in [1.807, 2.05) is 6.07 Å². The molecule has 0 N–H and O–H groups in total. The number of hydrogen-bond donors (Lipinski definition) is 0. The Labute approximate surface area is 158 Å². The van der Waals surface area contributed by atoms with E-state index in [2.05, 4.69) is 5.16 Å². The van der Waals surface area contributed by atoms with E-state index in [0.717, 1.165) is 11.6 Å². The Kier molecular flexibility index (Phi) is 4.68. The van der Waals surface area contributed by atoms with Crippen LogP contribution in [-0.2, 0) is 11.3 Å². The standard InChI is InChI=1S/C19H13ClFNO5/c20-13-2-1-3-14(21)18(13)19(23)26-10-12-9-16(27-22-12)11-4-5-15-17(8-11)25-7-6-24-15/h1-5,8-9H,6-7,10H2. The van der Waals surface area contributed by atoms with Gasteiger partial charge in [0.05, 0.1) is 5.02 Å². The van der Waals surface area contributed by atoms with Crippen LogP contribution in [-0.4, -0.2) is 24.3 Å². The number of halogens is 2. The minimum Gasteiger partial charge on any atom is -0.486 e. The van der Waals surface area contributed by atoms with E-state index in [9.17, 15) is 9.18 Å². The van der Waals surface area contributed by atoms with E-state index >= 15 is 0 Å². The number of fused-ring (bicyclic) bond motifs is 1. The van der Waals surface area contributed by atoms with Crippen LogP contribution in [0.25, 0.3) is 11.3 Å². The molecule has 0 aliphatic carbocycles. The molecule has 0 radical (unpaired) electrons. The number of ether oxygens (including phenoxy) is 3. The van der Waals surface area contributed by atoms with Crippen LogP contribution in [0.3, 0.4) is 0 Å². The van der Waals surface area contributed by atoms with Crippen LogP contribution < -0.4 is 9.47 Å². The molecule has 1 aliphatic rings. The lowest BCUT2D eigenvalue weighted by Gasteiger charge is -2.18. The molecular formula is C19H13ClFNO5. The highest BCUT2D eigenvalue weighted by molar-refractivity contribution is 6.33. The summed E-state index contributed by atoms with van der Waals surface area (Å²) in [6.45, 7) is 0.806. The number of benzene rings is 2. The average molecular weight is 390 g/mol. The highest BCUT2D eigenvalue weighted by Crippen LogP contribution is 2.34. The smallest absolute Gasteiger partial charge is 0.343 e. The number of rotatable bonds is 4. The molecule has 1 aliphatic heterocycles. The normalized spacial score (nSPS) is 12.7. The van der Waals surface area contributed by atoms with Gasteiger partial charge in [-0.15, -0.1) is 0 Å². The molecule has 0 amide bonds. The van der Waals surface area contributed by atoms with Crippen molar-refractivity contribution in [1.29, 1.82) is 0 Å². The topological polar surface area (TPSA) is 70.8 Å². The number of esters is 1. The molecular weight excluding hydrogens is 377 g/mol. The van der Waals surface area contributed by atoms with Crippen LogP contribution in [0.15, 0.2) is 47.0 Å². The van der Waals surface area contributed by atoms with E-state index in [1.165, 1.54) is 12.1 Å². The van der Waals surface area contributed by atoms with Gasteiger partial charge in [0.2, 0.25) is 0 Å². The Balaban J connectivity index is 1.46. The number of hydrogen-bond acceptors (Lipinski definition) is 6. The van der Waals surface area contributed by atoms with Gasteiger partial charge in [-0.3, -0.25) is 0 Å². The summed E-state index contributed by atoms with van der Waals surface area (Å²) < 4.78 is 35.1. The molecule has 0 fully saturated rings. The van der Waals surface area contributed by atoms with Gasteiger partial charge in [0.15, 0.2) is 17.3 Å². The molecule has 2 heterocycles. The zero-order valence-corrected chi connectivity index (χ0v) is 14.7.